The summed E-state index contributed by atoms with van der Waals surface area (Å²) in [5.74, 6) is 3.85. The molecule has 1 N–H and O–H groups in total. The van der Waals surface area contributed by atoms with Gasteiger partial charge in [-0.15, -0.1) is 0 Å². The first-order chi connectivity index (χ1) is 12.6. The molecule has 3 nitrogen and oxygen atoms in total. The van der Waals surface area contributed by atoms with E-state index in [-0.39, 0.29) is 0 Å². The fraction of sp³-hybridized carbons (Fsp3) is 0.238. The van der Waals surface area contributed by atoms with Crippen LogP contribution in [0.2, 0.25) is 0 Å². The van der Waals surface area contributed by atoms with E-state index in [0.717, 1.165) is 40.4 Å². The Hall–Kier alpha value is -1.58. The third-order valence-corrected chi connectivity index (χ3v) is 7.59. The van der Waals surface area contributed by atoms with E-state index in [9.17, 15) is 4.57 Å². The van der Waals surface area contributed by atoms with Crippen molar-refractivity contribution in [3.63, 3.8) is 0 Å². The molecule has 0 radical (unpaired) electrons. The van der Waals surface area contributed by atoms with Gasteiger partial charge in [0.1, 0.15) is 0 Å². The molecule has 1 aliphatic heterocycles. The molecule has 1 aliphatic rings. The van der Waals surface area contributed by atoms with Gasteiger partial charge in [0.15, 0.2) is 7.29 Å². The topological polar surface area (TPSA) is 32.3 Å². The van der Waals surface area contributed by atoms with E-state index in [0.29, 0.717) is 0 Å². The van der Waals surface area contributed by atoms with Crippen molar-refractivity contribution in [2.45, 2.75) is 6.42 Å². The first kappa shape index (κ1) is 19.2. The maximum Gasteiger partial charge on any atom is 0.192 e. The smallest absolute Gasteiger partial charge is 0.192 e. The number of benzene rings is 2. The number of hydrogen-bond acceptors (Lipinski definition) is 3. The van der Waals surface area contributed by atoms with Crippen LogP contribution in [0, 0.1) is 0 Å². The van der Waals surface area contributed by atoms with Crippen LogP contribution in [0.4, 0.5) is 0 Å². The zero-order valence-electron chi connectivity index (χ0n) is 15.3. The van der Waals surface area contributed by atoms with Crippen LogP contribution in [0.25, 0.3) is 9.81 Å². The van der Waals surface area contributed by atoms with Crippen LogP contribution in [0.15, 0.2) is 72.3 Å². The lowest BCUT2D eigenvalue weighted by atomic mass is 10.2. The quantitative estimate of drug-likeness (QED) is 0.501. The van der Waals surface area contributed by atoms with E-state index in [1.165, 1.54) is 0 Å². The average molecular weight is 384 g/mol. The molecule has 2 aromatic carbocycles. The van der Waals surface area contributed by atoms with Gasteiger partial charge in [0.25, 0.3) is 0 Å². The van der Waals surface area contributed by atoms with Gasteiger partial charge >= 0.3 is 0 Å². The van der Waals surface area contributed by atoms with Gasteiger partial charge in [0.05, 0.1) is 0 Å². The van der Waals surface area contributed by atoms with Gasteiger partial charge in [-0.1, -0.05) is 72.4 Å². The molecule has 0 saturated carbocycles. The number of nitrogens with zero attached hydrogens (tertiary/aromatic N) is 1. The Morgan fingerprint density at radius 2 is 1.38 bits per heavy atom. The van der Waals surface area contributed by atoms with Crippen LogP contribution >= 0.6 is 19.1 Å². The standard InChI is InChI=1S/C21H25N2OPS/c1-23(2)15-9-14-22-25(24)16-20(18-10-5-3-6-11-18)26-21(17-25)19-12-7-4-8-13-19/h3-8,10-13,16-17H,9,14-15H2,1-2H3,(H,22,24). The summed E-state index contributed by atoms with van der Waals surface area (Å²) in [7, 11) is 1.38. The molecule has 26 heavy (non-hydrogen) atoms. The van der Waals surface area contributed by atoms with Gasteiger partial charge in [-0.2, -0.15) is 0 Å². The van der Waals surface area contributed by atoms with Crippen molar-refractivity contribution in [1.29, 1.82) is 0 Å². The third-order valence-electron chi connectivity index (χ3n) is 4.10. The first-order valence-electron chi connectivity index (χ1n) is 8.79. The van der Waals surface area contributed by atoms with E-state index in [2.05, 4.69) is 48.3 Å². The first-order valence-corrected chi connectivity index (χ1v) is 11.5. The second-order valence-corrected chi connectivity index (χ2v) is 9.93. The number of nitrogens with one attached hydrogen (secondary N) is 1. The summed E-state index contributed by atoms with van der Waals surface area (Å²) in [6.45, 7) is 1.71. The highest BCUT2D eigenvalue weighted by atomic mass is 32.2. The molecule has 136 valence electrons. The molecule has 0 aromatic heterocycles. The van der Waals surface area contributed by atoms with Gasteiger partial charge in [-0.05, 0) is 38.2 Å². The number of hydrogen-bond donors (Lipinski definition) is 1. The Morgan fingerprint density at radius 3 is 1.85 bits per heavy atom. The van der Waals surface area contributed by atoms with Crippen LogP contribution in [-0.2, 0) is 4.57 Å². The average Bonchev–Trinajstić information content (AvgIpc) is 2.66. The van der Waals surface area contributed by atoms with Crippen LogP contribution in [-0.4, -0.2) is 32.1 Å². The minimum Gasteiger partial charge on any atom is -0.309 e. The predicted molar refractivity (Wildman–Crippen MR) is 115 cm³/mol. The molecule has 3 rings (SSSR count). The zero-order valence-corrected chi connectivity index (χ0v) is 17.0. The summed E-state index contributed by atoms with van der Waals surface area (Å²) in [5, 5.41) is 3.32. The Balaban J connectivity index is 1.87. The maximum atomic E-state index is 13.6. The molecule has 1 heterocycles. The maximum absolute atomic E-state index is 13.6. The molecule has 0 saturated heterocycles. The van der Waals surface area contributed by atoms with E-state index >= 15 is 0 Å². The predicted octanol–water partition coefficient (Wildman–Crippen LogP) is 5.55. The minimum absolute atomic E-state index is 0.733. The van der Waals surface area contributed by atoms with Crippen LogP contribution in [0.5, 0.6) is 0 Å². The Bertz CT molecular complexity index is 772. The summed E-state index contributed by atoms with van der Waals surface area (Å²) >= 11 is 1.69. The van der Waals surface area contributed by atoms with Crippen LogP contribution in [0.1, 0.15) is 17.5 Å². The van der Waals surface area contributed by atoms with Gasteiger partial charge < -0.3 is 4.90 Å². The largest absolute Gasteiger partial charge is 0.309 e. The molecule has 0 fully saturated rings. The highest BCUT2D eigenvalue weighted by molar-refractivity contribution is 8.17. The molecule has 0 unspecified atom stereocenters. The van der Waals surface area contributed by atoms with Gasteiger partial charge in [0.2, 0.25) is 0 Å². The molecule has 0 atom stereocenters. The van der Waals surface area contributed by atoms with Crippen LogP contribution in [0.3, 0.4) is 0 Å². The highest BCUT2D eigenvalue weighted by Crippen LogP contribution is 2.58. The molecule has 0 amide bonds. The summed E-state index contributed by atoms with van der Waals surface area (Å²) in [5.41, 5.74) is 2.21. The summed E-state index contributed by atoms with van der Waals surface area (Å²) in [4.78, 5) is 4.25. The van der Waals surface area contributed by atoms with E-state index < -0.39 is 7.29 Å². The van der Waals surface area contributed by atoms with E-state index in [4.69, 9.17) is 0 Å². The van der Waals surface area contributed by atoms with Crippen molar-refractivity contribution >= 4 is 28.9 Å². The molecule has 0 bridgehead atoms. The van der Waals surface area contributed by atoms with Crippen molar-refractivity contribution in [1.82, 2.24) is 9.99 Å². The second kappa shape index (κ2) is 8.88. The lowest BCUT2D eigenvalue weighted by Gasteiger charge is -2.23. The normalized spacial score (nSPS) is 16.3. The summed E-state index contributed by atoms with van der Waals surface area (Å²) in [6.07, 6.45) is 0.965. The molecular weight excluding hydrogens is 359 g/mol. The number of rotatable bonds is 7. The Kier molecular flexibility index (Phi) is 6.55. The molecule has 0 aliphatic carbocycles. The second-order valence-electron chi connectivity index (χ2n) is 6.60. The molecule has 0 spiro atoms. The minimum atomic E-state index is -2.73. The molecular formula is C21H25N2OPS. The zero-order chi connectivity index (χ0) is 18.4. The lowest BCUT2D eigenvalue weighted by molar-refractivity contribution is 0.400. The van der Waals surface area contributed by atoms with Crippen molar-refractivity contribution in [3.8, 4) is 0 Å². The van der Waals surface area contributed by atoms with Gasteiger partial charge in [-0.25, -0.2) is 0 Å². The molecule has 2 aromatic rings. The summed E-state index contributed by atoms with van der Waals surface area (Å²) < 4.78 is 13.6. The molecule has 5 heteroatoms. The van der Waals surface area contributed by atoms with E-state index in [1.807, 2.05) is 48.0 Å². The Labute approximate surface area is 160 Å². The summed E-state index contributed by atoms with van der Waals surface area (Å²) in [6, 6.07) is 20.4. The fourth-order valence-corrected chi connectivity index (χ4v) is 6.63. The fourth-order valence-electron chi connectivity index (χ4n) is 2.77. The third kappa shape index (κ3) is 5.21. The monoisotopic (exact) mass is 384 g/mol. The van der Waals surface area contributed by atoms with Crippen molar-refractivity contribution in [2.75, 3.05) is 27.2 Å². The van der Waals surface area contributed by atoms with Gasteiger partial charge in [0, 0.05) is 28.0 Å². The number of thioether (sulfide) groups is 1. The van der Waals surface area contributed by atoms with Crippen molar-refractivity contribution < 1.29 is 4.57 Å². The highest BCUT2D eigenvalue weighted by Gasteiger charge is 2.25. The SMILES string of the molecule is CN(C)CCCNP1(=O)C=C(c2ccccc2)SC(c2ccccc2)=C1. The lowest BCUT2D eigenvalue weighted by Crippen LogP contribution is -2.19. The van der Waals surface area contributed by atoms with Crippen molar-refractivity contribution in [2.24, 2.45) is 0 Å². The van der Waals surface area contributed by atoms with Gasteiger partial charge in [-0.3, -0.25) is 9.65 Å². The van der Waals surface area contributed by atoms with Crippen molar-refractivity contribution in [3.05, 3.63) is 83.4 Å². The van der Waals surface area contributed by atoms with Crippen LogP contribution < -0.4 is 5.09 Å². The van der Waals surface area contributed by atoms with E-state index in [1.54, 1.807) is 11.8 Å². The Morgan fingerprint density at radius 1 is 0.885 bits per heavy atom.